The maximum Gasteiger partial charge on any atom is 0.244 e. The van der Waals surface area contributed by atoms with Gasteiger partial charge < -0.3 is 15.0 Å². The first-order chi connectivity index (χ1) is 15.5. The SMILES string of the molecule is CCC(C(=O)NC)N(Cc1cccc(OC)c1)C(=O)CN(c1cc(Cl)cc(Cl)c1)S(C)(=O)=O. The summed E-state index contributed by atoms with van der Waals surface area (Å²) in [4.78, 5) is 27.4. The van der Waals surface area contributed by atoms with E-state index in [0.717, 1.165) is 16.1 Å². The molecular weight excluding hydrogens is 489 g/mol. The van der Waals surface area contributed by atoms with Crippen molar-refractivity contribution in [1.82, 2.24) is 10.2 Å². The maximum atomic E-state index is 13.5. The summed E-state index contributed by atoms with van der Waals surface area (Å²) in [5, 5.41) is 3.02. The van der Waals surface area contributed by atoms with Crippen LogP contribution in [0.1, 0.15) is 18.9 Å². The van der Waals surface area contributed by atoms with Gasteiger partial charge in [0.1, 0.15) is 18.3 Å². The van der Waals surface area contributed by atoms with Crippen molar-refractivity contribution in [1.29, 1.82) is 0 Å². The quantitative estimate of drug-likeness (QED) is 0.523. The molecule has 1 unspecified atom stereocenters. The van der Waals surface area contributed by atoms with E-state index in [1.54, 1.807) is 31.2 Å². The number of hydrogen-bond acceptors (Lipinski definition) is 5. The van der Waals surface area contributed by atoms with E-state index in [9.17, 15) is 18.0 Å². The number of sulfonamides is 1. The zero-order chi connectivity index (χ0) is 24.8. The van der Waals surface area contributed by atoms with E-state index in [-0.39, 0.29) is 28.2 Å². The van der Waals surface area contributed by atoms with Crippen molar-refractivity contribution < 1.29 is 22.7 Å². The molecule has 8 nitrogen and oxygen atoms in total. The predicted molar refractivity (Wildman–Crippen MR) is 130 cm³/mol. The third-order valence-corrected chi connectivity index (χ3v) is 6.51. The van der Waals surface area contributed by atoms with E-state index in [0.29, 0.717) is 12.2 Å². The minimum Gasteiger partial charge on any atom is -0.497 e. The summed E-state index contributed by atoms with van der Waals surface area (Å²) >= 11 is 12.1. The maximum absolute atomic E-state index is 13.5. The van der Waals surface area contributed by atoms with Gasteiger partial charge in [-0.15, -0.1) is 0 Å². The van der Waals surface area contributed by atoms with Gasteiger partial charge in [0, 0.05) is 23.6 Å². The summed E-state index contributed by atoms with van der Waals surface area (Å²) in [6.45, 7) is 1.32. The van der Waals surface area contributed by atoms with E-state index in [2.05, 4.69) is 5.32 Å². The molecule has 0 aliphatic rings. The smallest absolute Gasteiger partial charge is 0.244 e. The first-order valence-corrected chi connectivity index (χ1v) is 12.7. The van der Waals surface area contributed by atoms with Crippen molar-refractivity contribution in [2.45, 2.75) is 25.9 Å². The number of amides is 2. The molecule has 2 amide bonds. The lowest BCUT2D eigenvalue weighted by molar-refractivity contribution is -0.140. The minimum absolute atomic E-state index is 0.0792. The molecule has 0 spiro atoms. The second-order valence-electron chi connectivity index (χ2n) is 7.31. The zero-order valence-electron chi connectivity index (χ0n) is 18.8. The fourth-order valence-electron chi connectivity index (χ4n) is 3.35. The molecule has 0 saturated carbocycles. The molecule has 11 heteroatoms. The standard InChI is InChI=1S/C22H27Cl2N3O5S/c1-5-20(22(29)25-2)26(13-15-7-6-8-19(9-15)32-3)21(28)14-27(33(4,30)31)18-11-16(23)10-17(24)12-18/h6-12,20H,5,13-14H2,1-4H3,(H,25,29). The van der Waals surface area contributed by atoms with Gasteiger partial charge in [0.2, 0.25) is 21.8 Å². The van der Waals surface area contributed by atoms with Crippen LogP contribution < -0.4 is 14.4 Å². The molecule has 2 aromatic carbocycles. The first-order valence-electron chi connectivity index (χ1n) is 10.1. The van der Waals surface area contributed by atoms with Gasteiger partial charge in [-0.25, -0.2) is 8.42 Å². The summed E-state index contributed by atoms with van der Waals surface area (Å²) in [7, 11) is -0.862. The van der Waals surface area contributed by atoms with Crippen LogP contribution in [0.2, 0.25) is 10.0 Å². The largest absolute Gasteiger partial charge is 0.497 e. The van der Waals surface area contributed by atoms with Gasteiger partial charge in [-0.05, 0) is 42.3 Å². The highest BCUT2D eigenvalue weighted by Crippen LogP contribution is 2.27. The molecule has 0 fully saturated rings. The van der Waals surface area contributed by atoms with Crippen molar-refractivity contribution in [3.05, 3.63) is 58.1 Å². The Morgan fingerprint density at radius 1 is 1.12 bits per heavy atom. The second kappa shape index (κ2) is 11.6. The van der Waals surface area contributed by atoms with Gasteiger partial charge in [0.25, 0.3) is 0 Å². The van der Waals surface area contributed by atoms with E-state index >= 15 is 0 Å². The number of likely N-dealkylation sites (N-methyl/N-ethyl adjacent to an activating group) is 1. The van der Waals surface area contributed by atoms with Gasteiger partial charge in [-0.1, -0.05) is 42.3 Å². The van der Waals surface area contributed by atoms with Crippen molar-refractivity contribution in [2.24, 2.45) is 0 Å². The minimum atomic E-state index is -3.87. The number of anilines is 1. The van der Waals surface area contributed by atoms with Crippen LogP contribution in [0.15, 0.2) is 42.5 Å². The Morgan fingerprint density at radius 2 is 1.76 bits per heavy atom. The number of hydrogen-bond donors (Lipinski definition) is 1. The highest BCUT2D eigenvalue weighted by atomic mass is 35.5. The number of rotatable bonds is 10. The molecule has 0 aromatic heterocycles. The number of halogens is 2. The molecular formula is C22H27Cl2N3O5S. The summed E-state index contributed by atoms with van der Waals surface area (Å²) in [5.74, 6) is -0.320. The van der Waals surface area contributed by atoms with Crippen molar-refractivity contribution in [3.8, 4) is 5.75 Å². The van der Waals surface area contributed by atoms with Crippen LogP contribution in [0, 0.1) is 0 Å². The molecule has 0 bridgehead atoms. The molecule has 0 saturated heterocycles. The Kier molecular flexibility index (Phi) is 9.39. The van der Waals surface area contributed by atoms with Gasteiger partial charge in [-0.3, -0.25) is 13.9 Å². The lowest BCUT2D eigenvalue weighted by atomic mass is 10.1. The van der Waals surface area contributed by atoms with E-state index < -0.39 is 28.5 Å². The van der Waals surface area contributed by atoms with Crippen molar-refractivity contribution in [2.75, 3.05) is 31.3 Å². The van der Waals surface area contributed by atoms with Crippen LogP contribution in [0.25, 0.3) is 0 Å². The molecule has 0 aliphatic heterocycles. The first kappa shape index (κ1) is 26.8. The van der Waals surface area contributed by atoms with Gasteiger partial charge in [0.05, 0.1) is 19.1 Å². The third kappa shape index (κ3) is 7.25. The Labute approximate surface area is 204 Å². The van der Waals surface area contributed by atoms with Gasteiger partial charge >= 0.3 is 0 Å². The number of carbonyl (C=O) groups excluding carboxylic acids is 2. The highest BCUT2D eigenvalue weighted by Gasteiger charge is 2.31. The van der Waals surface area contributed by atoms with E-state index in [1.807, 2.05) is 0 Å². The van der Waals surface area contributed by atoms with E-state index in [1.165, 1.54) is 37.3 Å². The molecule has 180 valence electrons. The van der Waals surface area contributed by atoms with Crippen LogP contribution in [0.4, 0.5) is 5.69 Å². The Morgan fingerprint density at radius 3 is 2.27 bits per heavy atom. The van der Waals surface area contributed by atoms with Gasteiger partial charge in [-0.2, -0.15) is 0 Å². The average molecular weight is 516 g/mol. The predicted octanol–water partition coefficient (Wildman–Crippen LogP) is 3.32. The van der Waals surface area contributed by atoms with Crippen LogP contribution >= 0.6 is 23.2 Å². The number of methoxy groups -OCH3 is 1. The summed E-state index contributed by atoms with van der Waals surface area (Å²) in [6, 6.07) is 10.6. The molecule has 1 atom stereocenters. The number of benzene rings is 2. The topological polar surface area (TPSA) is 96.0 Å². The van der Waals surface area contributed by atoms with E-state index in [4.69, 9.17) is 27.9 Å². The lowest BCUT2D eigenvalue weighted by Gasteiger charge is -2.32. The fraction of sp³-hybridized carbons (Fsp3) is 0.364. The highest BCUT2D eigenvalue weighted by molar-refractivity contribution is 7.92. The monoisotopic (exact) mass is 515 g/mol. The van der Waals surface area contributed by atoms with Crippen LogP contribution in [-0.4, -0.2) is 58.1 Å². The average Bonchev–Trinajstić information content (AvgIpc) is 2.75. The summed E-state index contributed by atoms with van der Waals surface area (Å²) in [5.41, 5.74) is 0.874. The van der Waals surface area contributed by atoms with Crippen LogP contribution in [0.3, 0.4) is 0 Å². The number of carbonyl (C=O) groups is 2. The Bertz CT molecular complexity index is 1090. The van der Waals surface area contributed by atoms with Crippen LogP contribution in [0.5, 0.6) is 5.75 Å². The Hall–Kier alpha value is -2.49. The van der Waals surface area contributed by atoms with Crippen molar-refractivity contribution >= 4 is 50.7 Å². The lowest BCUT2D eigenvalue weighted by Crippen LogP contribution is -2.51. The molecule has 0 heterocycles. The number of ether oxygens (including phenoxy) is 1. The number of nitrogens with zero attached hydrogens (tertiary/aromatic N) is 2. The normalized spacial score (nSPS) is 12.1. The summed E-state index contributed by atoms with van der Waals surface area (Å²) < 4.78 is 31.3. The summed E-state index contributed by atoms with van der Waals surface area (Å²) in [6.07, 6.45) is 1.31. The fourth-order valence-corrected chi connectivity index (χ4v) is 4.70. The second-order valence-corrected chi connectivity index (χ2v) is 10.1. The Balaban J connectivity index is 2.47. The van der Waals surface area contributed by atoms with Crippen LogP contribution in [-0.2, 0) is 26.2 Å². The number of nitrogens with one attached hydrogen (secondary N) is 1. The molecule has 2 aromatic rings. The van der Waals surface area contributed by atoms with Crippen molar-refractivity contribution in [3.63, 3.8) is 0 Å². The molecule has 33 heavy (non-hydrogen) atoms. The zero-order valence-corrected chi connectivity index (χ0v) is 21.2. The molecule has 0 aliphatic carbocycles. The third-order valence-electron chi connectivity index (χ3n) is 4.93. The molecule has 2 rings (SSSR count). The van der Waals surface area contributed by atoms with Gasteiger partial charge in [0.15, 0.2) is 0 Å². The molecule has 0 radical (unpaired) electrons. The molecule has 1 N–H and O–H groups in total.